The van der Waals surface area contributed by atoms with E-state index in [4.69, 9.17) is 9.84 Å². The Hall–Kier alpha value is -2.88. The summed E-state index contributed by atoms with van der Waals surface area (Å²) >= 11 is 0. The molecule has 170 valence electrons. The summed E-state index contributed by atoms with van der Waals surface area (Å²) in [5, 5.41) is 8.98. The maximum absolute atomic E-state index is 14.2. The van der Waals surface area contributed by atoms with E-state index in [1.165, 1.54) is 0 Å². The highest BCUT2D eigenvalue weighted by atomic mass is 19.3. The maximum Gasteiger partial charge on any atom is 0.304 e. The molecule has 0 spiro atoms. The number of nitrogens with one attached hydrogen (secondary N) is 1. The smallest absolute Gasteiger partial charge is 0.304 e. The highest BCUT2D eigenvalue weighted by Crippen LogP contribution is 2.33. The van der Waals surface area contributed by atoms with E-state index in [-0.39, 0.29) is 17.8 Å². The maximum atomic E-state index is 14.2. The third-order valence-corrected chi connectivity index (χ3v) is 6.22. The molecule has 3 aromatic rings. The van der Waals surface area contributed by atoms with Crippen molar-refractivity contribution in [2.75, 3.05) is 25.0 Å². The zero-order chi connectivity index (χ0) is 22.5. The largest absolute Gasteiger partial charge is 0.474 e. The Kier molecular flexibility index (Phi) is 5.19. The average Bonchev–Trinajstić information content (AvgIpc) is 3.34. The molecule has 0 aromatic carbocycles. The molecule has 1 saturated heterocycles. The molecule has 1 unspecified atom stereocenters. The van der Waals surface area contributed by atoms with Crippen LogP contribution < -0.4 is 15.0 Å². The van der Waals surface area contributed by atoms with Gasteiger partial charge in [-0.2, -0.15) is 13.8 Å². The standard InChI is InChI=1S/C22H27F2N7O/c1-13-9-17-16(11-26-13)20(30-8-7-14(12-30)25-3)29-31(17)18-10-19(32-15-5-4-6-15)28-21(27-18)22(2,23)24/h9-11,14-15,25H,4-8,12H2,1-3H3. The molecule has 5 rings (SSSR count). The summed E-state index contributed by atoms with van der Waals surface area (Å²) < 4.78 is 35.9. The van der Waals surface area contributed by atoms with Gasteiger partial charge in [-0.15, -0.1) is 5.10 Å². The van der Waals surface area contributed by atoms with Crippen molar-refractivity contribution in [1.82, 2.24) is 30.0 Å². The van der Waals surface area contributed by atoms with Crippen LogP contribution >= 0.6 is 0 Å². The Morgan fingerprint density at radius 2 is 2.00 bits per heavy atom. The van der Waals surface area contributed by atoms with Gasteiger partial charge in [0.15, 0.2) is 11.6 Å². The van der Waals surface area contributed by atoms with E-state index in [1.54, 1.807) is 16.9 Å². The number of anilines is 1. The van der Waals surface area contributed by atoms with Crippen LogP contribution in [0.4, 0.5) is 14.6 Å². The molecule has 3 aromatic heterocycles. The monoisotopic (exact) mass is 443 g/mol. The fourth-order valence-electron chi connectivity index (χ4n) is 4.13. The number of aryl methyl sites for hydroxylation is 1. The molecule has 2 aliphatic rings. The number of rotatable bonds is 6. The molecule has 8 nitrogen and oxygen atoms in total. The van der Waals surface area contributed by atoms with Crippen LogP contribution in [0, 0.1) is 6.92 Å². The van der Waals surface area contributed by atoms with E-state index in [1.807, 2.05) is 20.0 Å². The highest BCUT2D eigenvalue weighted by molar-refractivity contribution is 5.91. The van der Waals surface area contributed by atoms with Crippen LogP contribution in [0.15, 0.2) is 18.3 Å². The summed E-state index contributed by atoms with van der Waals surface area (Å²) in [6.45, 7) is 4.35. The minimum Gasteiger partial charge on any atom is -0.474 e. The van der Waals surface area contributed by atoms with Crippen LogP contribution in [0.3, 0.4) is 0 Å². The molecule has 0 radical (unpaired) electrons. The van der Waals surface area contributed by atoms with Gasteiger partial charge in [0.05, 0.1) is 10.9 Å². The fraction of sp³-hybridized carbons (Fsp3) is 0.545. The Balaban J connectivity index is 1.63. The lowest BCUT2D eigenvalue weighted by molar-refractivity contribution is 0.00603. The predicted molar refractivity (Wildman–Crippen MR) is 117 cm³/mol. The Labute approximate surface area is 185 Å². The van der Waals surface area contributed by atoms with Crippen LogP contribution in [-0.2, 0) is 5.92 Å². The molecule has 1 saturated carbocycles. The molecule has 0 amide bonds. The van der Waals surface area contributed by atoms with Gasteiger partial charge in [-0.1, -0.05) is 0 Å². The molecule has 4 heterocycles. The van der Waals surface area contributed by atoms with Gasteiger partial charge in [0.1, 0.15) is 6.10 Å². The second-order valence-corrected chi connectivity index (χ2v) is 8.75. The van der Waals surface area contributed by atoms with E-state index in [9.17, 15) is 8.78 Å². The number of alkyl halides is 2. The summed E-state index contributed by atoms with van der Waals surface area (Å²) in [6.07, 6.45) is 5.68. The van der Waals surface area contributed by atoms with Crippen molar-refractivity contribution in [2.24, 2.45) is 0 Å². The molecule has 1 aliphatic heterocycles. The molecule has 1 aliphatic carbocycles. The predicted octanol–water partition coefficient (Wildman–Crippen LogP) is 3.36. The van der Waals surface area contributed by atoms with Gasteiger partial charge in [0.25, 0.3) is 0 Å². The first-order chi connectivity index (χ1) is 15.3. The number of fused-ring (bicyclic) bond motifs is 1. The molecular weight excluding hydrogens is 416 g/mol. The van der Waals surface area contributed by atoms with Crippen LogP contribution in [-0.4, -0.2) is 57.0 Å². The van der Waals surface area contributed by atoms with Crippen molar-refractivity contribution in [1.29, 1.82) is 0 Å². The zero-order valence-electron chi connectivity index (χ0n) is 18.5. The minimum absolute atomic E-state index is 0.00975. The Bertz CT molecular complexity index is 1140. The third-order valence-electron chi connectivity index (χ3n) is 6.22. The SMILES string of the molecule is CNC1CCN(c2nn(-c3cc(OC4CCC4)nc(C(C)(F)F)n3)c3cc(C)ncc23)C1. The average molecular weight is 444 g/mol. The van der Waals surface area contributed by atoms with Gasteiger partial charge in [0.2, 0.25) is 11.7 Å². The van der Waals surface area contributed by atoms with E-state index in [0.717, 1.165) is 68.1 Å². The number of halogens is 2. The van der Waals surface area contributed by atoms with E-state index >= 15 is 0 Å². The van der Waals surface area contributed by atoms with Crippen LogP contribution in [0.25, 0.3) is 16.7 Å². The van der Waals surface area contributed by atoms with Gasteiger partial charge in [-0.3, -0.25) is 4.98 Å². The lowest BCUT2D eigenvalue weighted by Crippen LogP contribution is -2.29. The quantitative estimate of drug-likeness (QED) is 0.626. The lowest BCUT2D eigenvalue weighted by atomic mass is 9.96. The van der Waals surface area contributed by atoms with Crippen LogP contribution in [0.2, 0.25) is 0 Å². The van der Waals surface area contributed by atoms with Gasteiger partial charge >= 0.3 is 5.92 Å². The van der Waals surface area contributed by atoms with Crippen molar-refractivity contribution < 1.29 is 13.5 Å². The lowest BCUT2D eigenvalue weighted by Gasteiger charge is -2.26. The van der Waals surface area contributed by atoms with Crippen molar-refractivity contribution in [3.63, 3.8) is 0 Å². The highest BCUT2D eigenvalue weighted by Gasteiger charge is 2.32. The van der Waals surface area contributed by atoms with Crippen molar-refractivity contribution in [3.8, 4) is 11.7 Å². The Morgan fingerprint density at radius 1 is 1.19 bits per heavy atom. The van der Waals surface area contributed by atoms with E-state index in [0.29, 0.717) is 6.04 Å². The van der Waals surface area contributed by atoms with Gasteiger partial charge in [0, 0.05) is 44.0 Å². The number of hydrogen-bond acceptors (Lipinski definition) is 7. The molecule has 1 atom stereocenters. The van der Waals surface area contributed by atoms with Crippen molar-refractivity contribution in [2.45, 2.75) is 57.6 Å². The van der Waals surface area contributed by atoms with Gasteiger partial charge in [-0.25, -0.2) is 9.67 Å². The van der Waals surface area contributed by atoms with E-state index in [2.05, 4.69) is 25.2 Å². The summed E-state index contributed by atoms with van der Waals surface area (Å²) in [7, 11) is 1.95. The number of pyridine rings is 1. The van der Waals surface area contributed by atoms with Crippen LogP contribution in [0.1, 0.15) is 44.1 Å². The third kappa shape index (κ3) is 3.87. The number of hydrogen-bond donors (Lipinski definition) is 1. The van der Waals surface area contributed by atoms with Crippen LogP contribution in [0.5, 0.6) is 5.88 Å². The topological polar surface area (TPSA) is 81.0 Å². The first-order valence-corrected chi connectivity index (χ1v) is 11.0. The number of ether oxygens (including phenoxy) is 1. The minimum atomic E-state index is -3.20. The molecule has 0 bridgehead atoms. The van der Waals surface area contributed by atoms with Crippen molar-refractivity contribution in [3.05, 3.63) is 29.8 Å². The summed E-state index contributed by atoms with van der Waals surface area (Å²) in [5.74, 6) is -2.58. The first kappa shape index (κ1) is 21.0. The molecule has 2 fully saturated rings. The molecule has 1 N–H and O–H groups in total. The zero-order valence-corrected chi connectivity index (χ0v) is 18.5. The number of nitrogens with zero attached hydrogens (tertiary/aromatic N) is 6. The second-order valence-electron chi connectivity index (χ2n) is 8.75. The molecular formula is C22H27F2N7O. The fourth-order valence-corrected chi connectivity index (χ4v) is 4.13. The van der Waals surface area contributed by atoms with E-state index < -0.39 is 11.7 Å². The summed E-state index contributed by atoms with van der Waals surface area (Å²) in [4.78, 5) is 14.8. The summed E-state index contributed by atoms with van der Waals surface area (Å²) in [6, 6.07) is 3.87. The molecule has 10 heteroatoms. The number of likely N-dealkylation sites (N-methyl/N-ethyl adjacent to an activating group) is 1. The van der Waals surface area contributed by atoms with Crippen molar-refractivity contribution >= 4 is 16.7 Å². The second kappa shape index (κ2) is 7.91. The van der Waals surface area contributed by atoms with Gasteiger partial charge in [-0.05, 0) is 45.7 Å². The first-order valence-electron chi connectivity index (χ1n) is 11.0. The summed E-state index contributed by atoms with van der Waals surface area (Å²) in [5.41, 5.74) is 1.57. The molecule has 32 heavy (non-hydrogen) atoms. The van der Waals surface area contributed by atoms with Gasteiger partial charge < -0.3 is 15.0 Å². The number of aromatic nitrogens is 5. The normalized spacial score (nSPS) is 19.5. The Morgan fingerprint density at radius 3 is 2.66 bits per heavy atom.